The predicted molar refractivity (Wildman–Crippen MR) is 133 cm³/mol. The standard InChI is InChI=1S/C27H35NO5/c1-8-17(9-2)27(29)28(3)13-12-19-15-24(32-6)26(33-7)25-20(19)11-10-18-14-22(30-4)23(31-5)16-21(18)25/h10-11,14-17H,8-9,12-13H2,1-7H3. The largest absolute Gasteiger partial charge is 0.493 e. The molecule has 33 heavy (non-hydrogen) atoms. The third-order valence-electron chi connectivity index (χ3n) is 6.48. The van der Waals surface area contributed by atoms with Crippen molar-refractivity contribution < 1.29 is 23.7 Å². The second-order valence-corrected chi connectivity index (χ2v) is 8.21. The van der Waals surface area contributed by atoms with E-state index in [0.29, 0.717) is 36.0 Å². The Morgan fingerprint density at radius 3 is 2.06 bits per heavy atom. The Kier molecular flexibility index (Phi) is 7.90. The van der Waals surface area contributed by atoms with E-state index in [-0.39, 0.29) is 11.8 Å². The highest BCUT2D eigenvalue weighted by atomic mass is 16.5. The molecule has 6 nitrogen and oxygen atoms in total. The first-order chi connectivity index (χ1) is 15.9. The van der Waals surface area contributed by atoms with Crippen molar-refractivity contribution in [1.29, 1.82) is 0 Å². The summed E-state index contributed by atoms with van der Waals surface area (Å²) in [7, 11) is 8.44. The quantitative estimate of drug-likeness (QED) is 0.381. The van der Waals surface area contributed by atoms with Gasteiger partial charge in [-0.1, -0.05) is 26.0 Å². The molecule has 0 spiro atoms. The molecule has 0 aliphatic carbocycles. The molecule has 0 saturated carbocycles. The van der Waals surface area contributed by atoms with E-state index in [4.69, 9.17) is 18.9 Å². The lowest BCUT2D eigenvalue weighted by Crippen LogP contribution is -2.34. The van der Waals surface area contributed by atoms with Gasteiger partial charge in [0.15, 0.2) is 23.0 Å². The molecule has 0 heterocycles. The molecule has 3 aromatic rings. The molecule has 0 aliphatic heterocycles. The predicted octanol–water partition coefficient (Wildman–Crippen LogP) is 5.46. The molecule has 0 unspecified atom stereocenters. The van der Waals surface area contributed by atoms with Gasteiger partial charge in [0.05, 0.1) is 28.4 Å². The average Bonchev–Trinajstić information content (AvgIpc) is 2.85. The summed E-state index contributed by atoms with van der Waals surface area (Å²) in [5.74, 6) is 2.94. The van der Waals surface area contributed by atoms with E-state index in [2.05, 4.69) is 26.0 Å². The lowest BCUT2D eigenvalue weighted by Gasteiger charge is -2.23. The van der Waals surface area contributed by atoms with Crippen molar-refractivity contribution in [3.8, 4) is 23.0 Å². The first kappa shape index (κ1) is 24.5. The number of carbonyl (C=O) groups excluding carboxylic acids is 1. The fraction of sp³-hybridized carbons (Fsp3) is 0.444. The van der Waals surface area contributed by atoms with Crippen molar-refractivity contribution in [1.82, 2.24) is 4.90 Å². The summed E-state index contributed by atoms with van der Waals surface area (Å²) >= 11 is 0. The molecule has 0 atom stereocenters. The second-order valence-electron chi connectivity index (χ2n) is 8.21. The molecule has 0 bridgehead atoms. The fourth-order valence-corrected chi connectivity index (χ4v) is 4.50. The molecule has 1 amide bonds. The van der Waals surface area contributed by atoms with Crippen molar-refractivity contribution >= 4 is 27.5 Å². The minimum atomic E-state index is 0.0727. The number of nitrogens with zero attached hydrogens (tertiary/aromatic N) is 1. The van der Waals surface area contributed by atoms with Gasteiger partial charge in [-0.05, 0) is 59.2 Å². The van der Waals surface area contributed by atoms with Gasteiger partial charge in [0, 0.05) is 24.9 Å². The molecule has 0 aromatic heterocycles. The van der Waals surface area contributed by atoms with E-state index >= 15 is 0 Å². The van der Waals surface area contributed by atoms with E-state index in [1.54, 1.807) is 28.4 Å². The average molecular weight is 454 g/mol. The number of methoxy groups -OCH3 is 4. The maximum atomic E-state index is 12.8. The molecule has 0 N–H and O–H groups in total. The van der Waals surface area contributed by atoms with Crippen LogP contribution >= 0.6 is 0 Å². The minimum absolute atomic E-state index is 0.0727. The number of hydrogen-bond donors (Lipinski definition) is 0. The Bertz CT molecular complexity index is 1140. The van der Waals surface area contributed by atoms with Crippen LogP contribution < -0.4 is 18.9 Å². The third-order valence-corrected chi connectivity index (χ3v) is 6.48. The number of fused-ring (bicyclic) bond motifs is 3. The zero-order valence-electron chi connectivity index (χ0n) is 20.8. The van der Waals surface area contributed by atoms with Crippen molar-refractivity contribution in [2.24, 2.45) is 5.92 Å². The summed E-state index contributed by atoms with van der Waals surface area (Å²) in [4.78, 5) is 14.6. The van der Waals surface area contributed by atoms with E-state index in [0.717, 1.165) is 39.9 Å². The van der Waals surface area contributed by atoms with E-state index in [1.807, 2.05) is 30.1 Å². The molecule has 178 valence electrons. The van der Waals surface area contributed by atoms with Crippen LogP contribution in [-0.2, 0) is 11.2 Å². The van der Waals surface area contributed by atoms with Crippen LogP contribution in [0.4, 0.5) is 0 Å². The van der Waals surface area contributed by atoms with Gasteiger partial charge in [-0.3, -0.25) is 4.79 Å². The van der Waals surface area contributed by atoms with Crippen LogP contribution in [0.5, 0.6) is 23.0 Å². The maximum Gasteiger partial charge on any atom is 0.225 e. The molecule has 0 fully saturated rings. The SMILES string of the molecule is CCC(CC)C(=O)N(C)CCc1cc(OC)c(OC)c2c1ccc1cc(OC)c(OC)cc12. The van der Waals surface area contributed by atoms with Gasteiger partial charge in [-0.15, -0.1) is 0 Å². The fourth-order valence-electron chi connectivity index (χ4n) is 4.50. The van der Waals surface area contributed by atoms with Crippen LogP contribution in [0.2, 0.25) is 0 Å². The van der Waals surface area contributed by atoms with Gasteiger partial charge in [0.1, 0.15) is 0 Å². The highest BCUT2D eigenvalue weighted by Gasteiger charge is 2.21. The smallest absolute Gasteiger partial charge is 0.225 e. The number of likely N-dealkylation sites (N-methyl/N-ethyl adjacent to an activating group) is 1. The Labute approximate surface area is 196 Å². The molecule has 0 saturated heterocycles. The summed E-state index contributed by atoms with van der Waals surface area (Å²) in [6.07, 6.45) is 2.42. The Hall–Kier alpha value is -3.15. The van der Waals surface area contributed by atoms with Gasteiger partial charge in [0.25, 0.3) is 0 Å². The number of carbonyl (C=O) groups is 1. The second kappa shape index (κ2) is 10.6. The topological polar surface area (TPSA) is 57.2 Å². The number of benzene rings is 3. The molecule has 0 aliphatic rings. The first-order valence-electron chi connectivity index (χ1n) is 11.4. The highest BCUT2D eigenvalue weighted by molar-refractivity contribution is 6.13. The number of amides is 1. The monoisotopic (exact) mass is 453 g/mol. The Morgan fingerprint density at radius 1 is 0.848 bits per heavy atom. The molecule has 3 rings (SSSR count). The zero-order valence-corrected chi connectivity index (χ0v) is 20.8. The molecular weight excluding hydrogens is 418 g/mol. The van der Waals surface area contributed by atoms with Crippen molar-refractivity contribution in [3.05, 3.63) is 35.9 Å². The Balaban J connectivity index is 2.14. The lowest BCUT2D eigenvalue weighted by molar-refractivity contribution is -0.134. The molecular formula is C27H35NO5. The molecule has 0 radical (unpaired) electrons. The van der Waals surface area contributed by atoms with Crippen LogP contribution in [0.15, 0.2) is 30.3 Å². The van der Waals surface area contributed by atoms with Gasteiger partial charge in [-0.25, -0.2) is 0 Å². The van der Waals surface area contributed by atoms with Crippen LogP contribution in [-0.4, -0.2) is 52.8 Å². The Morgan fingerprint density at radius 2 is 1.48 bits per heavy atom. The summed E-state index contributed by atoms with van der Waals surface area (Å²) in [5.41, 5.74) is 1.10. The summed E-state index contributed by atoms with van der Waals surface area (Å²) in [6.45, 7) is 4.76. The minimum Gasteiger partial charge on any atom is -0.493 e. The number of rotatable bonds is 10. The van der Waals surface area contributed by atoms with Crippen molar-refractivity contribution in [2.45, 2.75) is 33.1 Å². The van der Waals surface area contributed by atoms with E-state index in [9.17, 15) is 4.79 Å². The van der Waals surface area contributed by atoms with Gasteiger partial charge >= 0.3 is 0 Å². The molecule has 6 heteroatoms. The number of ether oxygens (including phenoxy) is 4. The summed E-state index contributed by atoms with van der Waals surface area (Å²) in [5, 5.41) is 4.03. The van der Waals surface area contributed by atoms with Crippen LogP contribution in [0.25, 0.3) is 21.5 Å². The van der Waals surface area contributed by atoms with E-state index < -0.39 is 0 Å². The normalized spacial score (nSPS) is 11.2. The van der Waals surface area contributed by atoms with Crippen LogP contribution in [0, 0.1) is 5.92 Å². The number of hydrogen-bond acceptors (Lipinski definition) is 5. The summed E-state index contributed by atoms with van der Waals surface area (Å²) < 4.78 is 22.6. The van der Waals surface area contributed by atoms with Gasteiger partial charge < -0.3 is 23.8 Å². The summed E-state index contributed by atoms with van der Waals surface area (Å²) in [6, 6.07) is 10.1. The lowest BCUT2D eigenvalue weighted by atomic mass is 9.94. The third kappa shape index (κ3) is 4.65. The van der Waals surface area contributed by atoms with Crippen LogP contribution in [0.1, 0.15) is 32.3 Å². The van der Waals surface area contributed by atoms with Gasteiger partial charge in [0.2, 0.25) is 5.91 Å². The molecule has 3 aromatic carbocycles. The van der Waals surface area contributed by atoms with Crippen LogP contribution in [0.3, 0.4) is 0 Å². The highest BCUT2D eigenvalue weighted by Crippen LogP contribution is 2.44. The van der Waals surface area contributed by atoms with E-state index in [1.165, 1.54) is 0 Å². The van der Waals surface area contributed by atoms with Crippen molar-refractivity contribution in [2.75, 3.05) is 42.0 Å². The van der Waals surface area contributed by atoms with Gasteiger partial charge in [-0.2, -0.15) is 0 Å². The first-order valence-corrected chi connectivity index (χ1v) is 11.4. The maximum absolute atomic E-state index is 12.8. The zero-order chi connectivity index (χ0) is 24.1. The van der Waals surface area contributed by atoms with Crippen molar-refractivity contribution in [3.63, 3.8) is 0 Å².